The number of rotatable bonds is 3. The van der Waals surface area contributed by atoms with E-state index in [-0.39, 0.29) is 22.0 Å². The number of hydrogen-bond acceptors (Lipinski definition) is 5. The quantitative estimate of drug-likeness (QED) is 0.440. The van der Waals surface area contributed by atoms with Crippen LogP contribution in [0.2, 0.25) is 0 Å². The molecule has 7 nitrogen and oxygen atoms in total. The highest BCUT2D eigenvalue weighted by atomic mass is 16.5. The number of nitrogens with zero attached hydrogens (tertiary/aromatic N) is 3. The smallest absolute Gasteiger partial charge is 0.341 e. The summed E-state index contributed by atoms with van der Waals surface area (Å²) in [6.45, 7) is 2.30. The monoisotopic (exact) mass is 374 g/mol. The highest BCUT2D eigenvalue weighted by Crippen LogP contribution is 2.13. The van der Waals surface area contributed by atoms with Gasteiger partial charge in [-0.25, -0.2) is 9.78 Å². The Hall–Kier alpha value is -3.74. The molecule has 140 valence electrons. The van der Waals surface area contributed by atoms with Crippen LogP contribution in [0.5, 0.6) is 0 Å². The molecule has 0 radical (unpaired) electrons. The van der Waals surface area contributed by atoms with E-state index in [0.717, 1.165) is 11.1 Å². The number of pyridine rings is 2. The SMILES string of the molecule is COC(=O)c1cc2c(=O)n3ccccc3nc2n(Cc2ccc(C)cc2)c1=N. The maximum Gasteiger partial charge on any atom is 0.341 e. The van der Waals surface area contributed by atoms with Gasteiger partial charge in [-0.3, -0.25) is 14.6 Å². The molecule has 4 aromatic rings. The molecule has 0 amide bonds. The van der Waals surface area contributed by atoms with Crippen LogP contribution in [0.15, 0.2) is 59.5 Å². The second kappa shape index (κ2) is 6.77. The zero-order valence-corrected chi connectivity index (χ0v) is 15.5. The van der Waals surface area contributed by atoms with E-state index < -0.39 is 5.97 Å². The Morgan fingerprint density at radius 3 is 2.64 bits per heavy atom. The van der Waals surface area contributed by atoms with E-state index in [2.05, 4.69) is 4.98 Å². The van der Waals surface area contributed by atoms with Crippen LogP contribution in [0, 0.1) is 12.3 Å². The predicted molar refractivity (Wildman–Crippen MR) is 104 cm³/mol. The van der Waals surface area contributed by atoms with E-state index in [9.17, 15) is 9.59 Å². The third-order valence-corrected chi connectivity index (χ3v) is 4.68. The van der Waals surface area contributed by atoms with Crippen molar-refractivity contribution in [3.63, 3.8) is 0 Å². The molecule has 4 rings (SSSR count). The summed E-state index contributed by atoms with van der Waals surface area (Å²) < 4.78 is 7.80. The molecule has 28 heavy (non-hydrogen) atoms. The molecule has 0 unspecified atom stereocenters. The largest absolute Gasteiger partial charge is 0.465 e. The Morgan fingerprint density at radius 2 is 1.93 bits per heavy atom. The lowest BCUT2D eigenvalue weighted by molar-refractivity contribution is 0.0597. The molecule has 3 heterocycles. The highest BCUT2D eigenvalue weighted by Gasteiger charge is 2.18. The second-order valence-corrected chi connectivity index (χ2v) is 6.55. The topological polar surface area (TPSA) is 89.4 Å². The average Bonchev–Trinajstić information content (AvgIpc) is 2.71. The molecule has 7 heteroatoms. The summed E-state index contributed by atoms with van der Waals surface area (Å²) in [6.07, 6.45) is 1.63. The minimum Gasteiger partial charge on any atom is -0.465 e. The Balaban J connectivity index is 2.08. The molecular formula is C21H18N4O3. The Bertz CT molecular complexity index is 1330. The van der Waals surface area contributed by atoms with Crippen LogP contribution in [-0.2, 0) is 11.3 Å². The number of hydrogen-bond donors (Lipinski definition) is 1. The van der Waals surface area contributed by atoms with Crippen molar-refractivity contribution in [2.45, 2.75) is 13.5 Å². The number of fused-ring (bicyclic) bond motifs is 2. The zero-order chi connectivity index (χ0) is 19.8. The summed E-state index contributed by atoms with van der Waals surface area (Å²) in [4.78, 5) is 29.8. The Labute approximate surface area is 160 Å². The van der Waals surface area contributed by atoms with Gasteiger partial charge in [0.1, 0.15) is 22.3 Å². The number of benzene rings is 1. The fourth-order valence-corrected chi connectivity index (χ4v) is 3.18. The van der Waals surface area contributed by atoms with Gasteiger partial charge in [0.2, 0.25) is 0 Å². The molecule has 1 aromatic carbocycles. The lowest BCUT2D eigenvalue weighted by Crippen LogP contribution is -2.31. The third-order valence-electron chi connectivity index (χ3n) is 4.68. The number of aryl methyl sites for hydroxylation is 1. The first kappa shape index (κ1) is 17.7. The van der Waals surface area contributed by atoms with E-state index >= 15 is 0 Å². The molecule has 0 spiro atoms. The average molecular weight is 374 g/mol. The first-order valence-electron chi connectivity index (χ1n) is 8.73. The van der Waals surface area contributed by atoms with Crippen LogP contribution in [-0.4, -0.2) is 27.0 Å². The molecule has 3 aromatic heterocycles. The van der Waals surface area contributed by atoms with Gasteiger partial charge in [-0.1, -0.05) is 35.9 Å². The normalized spacial score (nSPS) is 11.1. The van der Waals surface area contributed by atoms with Crippen LogP contribution in [0.4, 0.5) is 0 Å². The molecule has 0 aliphatic carbocycles. The van der Waals surface area contributed by atoms with E-state index in [4.69, 9.17) is 10.1 Å². The molecule has 0 atom stereocenters. The number of methoxy groups -OCH3 is 1. The van der Waals surface area contributed by atoms with E-state index in [1.165, 1.54) is 17.6 Å². The van der Waals surface area contributed by atoms with Crippen molar-refractivity contribution in [1.82, 2.24) is 14.0 Å². The lowest BCUT2D eigenvalue weighted by Gasteiger charge is -2.14. The maximum atomic E-state index is 13.0. The molecule has 0 bridgehead atoms. The fourth-order valence-electron chi connectivity index (χ4n) is 3.18. The van der Waals surface area contributed by atoms with Crippen molar-refractivity contribution < 1.29 is 9.53 Å². The van der Waals surface area contributed by atoms with Gasteiger partial charge in [0.05, 0.1) is 19.0 Å². The van der Waals surface area contributed by atoms with Crippen molar-refractivity contribution in [3.8, 4) is 0 Å². The maximum absolute atomic E-state index is 13.0. The van der Waals surface area contributed by atoms with Gasteiger partial charge in [-0.05, 0) is 30.7 Å². The first-order chi connectivity index (χ1) is 13.5. The number of ether oxygens (including phenoxy) is 1. The van der Waals surface area contributed by atoms with E-state index in [1.807, 2.05) is 31.2 Å². The molecule has 0 saturated heterocycles. The molecule has 0 fully saturated rings. The summed E-state index contributed by atoms with van der Waals surface area (Å²) in [5, 5.41) is 8.80. The number of esters is 1. The van der Waals surface area contributed by atoms with Crippen LogP contribution >= 0.6 is 0 Å². The molecule has 0 aliphatic rings. The van der Waals surface area contributed by atoms with Crippen molar-refractivity contribution >= 4 is 22.6 Å². The summed E-state index contributed by atoms with van der Waals surface area (Å²) >= 11 is 0. The van der Waals surface area contributed by atoms with Crippen LogP contribution in [0.25, 0.3) is 16.7 Å². The van der Waals surface area contributed by atoms with Gasteiger partial charge >= 0.3 is 5.97 Å². The van der Waals surface area contributed by atoms with Gasteiger partial charge < -0.3 is 9.30 Å². The standard InChI is InChI=1S/C21H18N4O3/c1-13-6-8-14(9-7-13)12-25-18(22)15(21(27)28-2)11-16-19(25)23-17-5-3-4-10-24(17)20(16)26/h3-11,22H,12H2,1-2H3. The zero-order valence-electron chi connectivity index (χ0n) is 15.5. The van der Waals surface area contributed by atoms with E-state index in [0.29, 0.717) is 17.8 Å². The number of carbonyl (C=O) groups excluding carboxylic acids is 1. The van der Waals surface area contributed by atoms with E-state index in [1.54, 1.807) is 29.0 Å². The van der Waals surface area contributed by atoms with Gasteiger partial charge in [0.25, 0.3) is 5.56 Å². The predicted octanol–water partition coefficient (Wildman–Crippen LogP) is 2.27. The Morgan fingerprint density at radius 1 is 1.18 bits per heavy atom. The van der Waals surface area contributed by atoms with Gasteiger partial charge in [-0.15, -0.1) is 0 Å². The molecule has 1 N–H and O–H groups in total. The summed E-state index contributed by atoms with van der Waals surface area (Å²) in [6, 6.07) is 14.5. The molecule has 0 aliphatic heterocycles. The molecule has 0 saturated carbocycles. The second-order valence-electron chi connectivity index (χ2n) is 6.55. The van der Waals surface area contributed by atoms with Crippen molar-refractivity contribution in [1.29, 1.82) is 5.41 Å². The minimum absolute atomic E-state index is 0.0249. The fraction of sp³-hybridized carbons (Fsp3) is 0.143. The lowest BCUT2D eigenvalue weighted by atomic mass is 10.1. The number of nitrogens with one attached hydrogen (secondary N) is 1. The number of aromatic nitrogens is 3. The summed E-state index contributed by atoms with van der Waals surface area (Å²) in [5.41, 5.74) is 2.56. The highest BCUT2D eigenvalue weighted by molar-refractivity contribution is 5.93. The van der Waals surface area contributed by atoms with Crippen molar-refractivity contribution in [2.75, 3.05) is 7.11 Å². The van der Waals surface area contributed by atoms with Crippen LogP contribution in [0.3, 0.4) is 0 Å². The Kier molecular flexibility index (Phi) is 4.27. The third kappa shape index (κ3) is 2.87. The van der Waals surface area contributed by atoms with Gasteiger partial charge in [0.15, 0.2) is 0 Å². The van der Waals surface area contributed by atoms with Crippen molar-refractivity contribution in [2.24, 2.45) is 0 Å². The minimum atomic E-state index is -0.665. The number of carbonyl (C=O) groups is 1. The summed E-state index contributed by atoms with van der Waals surface area (Å²) in [5.74, 6) is -0.665. The first-order valence-corrected chi connectivity index (χ1v) is 8.73. The summed E-state index contributed by atoms with van der Waals surface area (Å²) in [7, 11) is 1.25. The van der Waals surface area contributed by atoms with Crippen LogP contribution in [0.1, 0.15) is 21.5 Å². The molecular weight excluding hydrogens is 356 g/mol. The van der Waals surface area contributed by atoms with Gasteiger partial charge in [-0.2, -0.15) is 0 Å². The van der Waals surface area contributed by atoms with Crippen LogP contribution < -0.4 is 11.0 Å². The van der Waals surface area contributed by atoms with Gasteiger partial charge in [0, 0.05) is 6.20 Å². The van der Waals surface area contributed by atoms with Crippen molar-refractivity contribution in [3.05, 3.63) is 87.3 Å².